The number of likely N-dealkylation sites (tertiary alicyclic amines) is 1. The van der Waals surface area contributed by atoms with Gasteiger partial charge in [0.05, 0.1) is 11.4 Å². The summed E-state index contributed by atoms with van der Waals surface area (Å²) < 4.78 is 1.82. The predicted molar refractivity (Wildman–Crippen MR) is 112 cm³/mol. The molecule has 1 aromatic heterocycles. The quantitative estimate of drug-likeness (QED) is 0.859. The number of nitrogens with two attached hydrogens (primary N) is 1. The first kappa shape index (κ1) is 20.5. The molecule has 1 aliphatic rings. The summed E-state index contributed by atoms with van der Waals surface area (Å²) in [7, 11) is 0. The van der Waals surface area contributed by atoms with Crippen molar-refractivity contribution >= 4 is 5.91 Å². The fourth-order valence-corrected chi connectivity index (χ4v) is 3.75. The van der Waals surface area contributed by atoms with E-state index in [0.29, 0.717) is 18.8 Å². The third-order valence-electron chi connectivity index (χ3n) is 5.77. The summed E-state index contributed by atoms with van der Waals surface area (Å²) >= 11 is 0. The monoisotopic (exact) mass is 383 g/mol. The number of rotatable bonds is 5. The molecule has 1 amide bonds. The van der Waals surface area contributed by atoms with Gasteiger partial charge in [-0.25, -0.2) is 4.68 Å². The van der Waals surface area contributed by atoms with E-state index < -0.39 is 0 Å². The summed E-state index contributed by atoms with van der Waals surface area (Å²) in [5.74, 6) is -0.0295. The fourth-order valence-electron chi connectivity index (χ4n) is 3.75. The molecule has 0 spiro atoms. The van der Waals surface area contributed by atoms with Crippen LogP contribution in [0.3, 0.4) is 0 Å². The Morgan fingerprint density at radius 3 is 2.46 bits per heavy atom. The van der Waals surface area contributed by atoms with Crippen LogP contribution in [0, 0.1) is 5.41 Å². The van der Waals surface area contributed by atoms with E-state index in [1.165, 1.54) is 5.56 Å². The third kappa shape index (κ3) is 3.97. The van der Waals surface area contributed by atoms with Crippen LogP contribution in [0.25, 0.3) is 5.69 Å². The second-order valence-electron chi connectivity index (χ2n) is 9.33. The molecule has 1 aromatic carbocycles. The molecule has 1 fully saturated rings. The molecule has 6 heteroatoms. The Bertz CT molecular complexity index is 834. The molecule has 3 rings (SSSR count). The number of aromatic nitrogens is 3. The molecule has 28 heavy (non-hydrogen) atoms. The zero-order valence-corrected chi connectivity index (χ0v) is 17.8. The standard InChI is InChI=1S/C22H33N5O/c1-6-7-18-19(20(28)26-13-12-22(5,14-23)15-26)24-25-27(18)17-10-8-16(9-11-17)21(2,3)4/h8-11H,6-7,12-15,23H2,1-5H3. The van der Waals surface area contributed by atoms with Crippen molar-refractivity contribution in [1.82, 2.24) is 19.9 Å². The lowest BCUT2D eigenvalue weighted by Gasteiger charge is -2.22. The molecule has 1 saturated heterocycles. The second-order valence-corrected chi connectivity index (χ2v) is 9.33. The van der Waals surface area contributed by atoms with E-state index in [1.807, 2.05) is 9.58 Å². The Labute approximate surface area is 168 Å². The van der Waals surface area contributed by atoms with Crippen LogP contribution in [0.15, 0.2) is 24.3 Å². The van der Waals surface area contributed by atoms with Crippen molar-refractivity contribution in [1.29, 1.82) is 0 Å². The van der Waals surface area contributed by atoms with Crippen LogP contribution in [0.1, 0.15) is 69.2 Å². The van der Waals surface area contributed by atoms with Crippen LogP contribution in [-0.4, -0.2) is 45.4 Å². The molecule has 0 radical (unpaired) electrons. The minimum absolute atomic E-state index is 0.000634. The van der Waals surface area contributed by atoms with Gasteiger partial charge in [0.2, 0.25) is 0 Å². The maximum Gasteiger partial charge on any atom is 0.276 e. The van der Waals surface area contributed by atoms with Gasteiger partial charge in [-0.3, -0.25) is 4.79 Å². The molecule has 1 aliphatic heterocycles. The lowest BCUT2D eigenvalue weighted by molar-refractivity contribution is 0.0770. The lowest BCUT2D eigenvalue weighted by atomic mass is 9.87. The van der Waals surface area contributed by atoms with Crippen molar-refractivity contribution in [2.75, 3.05) is 19.6 Å². The van der Waals surface area contributed by atoms with Crippen molar-refractivity contribution in [3.63, 3.8) is 0 Å². The van der Waals surface area contributed by atoms with Gasteiger partial charge in [-0.05, 0) is 47.9 Å². The molecular formula is C22H33N5O. The molecule has 0 bridgehead atoms. The number of hydrogen-bond acceptors (Lipinski definition) is 4. The van der Waals surface area contributed by atoms with Gasteiger partial charge in [-0.1, -0.05) is 58.4 Å². The highest BCUT2D eigenvalue weighted by atomic mass is 16.2. The Kier molecular flexibility index (Phi) is 5.62. The highest BCUT2D eigenvalue weighted by molar-refractivity contribution is 5.93. The second kappa shape index (κ2) is 7.66. The van der Waals surface area contributed by atoms with E-state index >= 15 is 0 Å². The number of carbonyl (C=O) groups excluding carboxylic acids is 1. The van der Waals surface area contributed by atoms with E-state index in [4.69, 9.17) is 5.73 Å². The van der Waals surface area contributed by atoms with E-state index in [1.54, 1.807) is 0 Å². The Balaban J connectivity index is 1.91. The molecule has 152 valence electrons. The van der Waals surface area contributed by atoms with Crippen LogP contribution >= 0.6 is 0 Å². The zero-order chi connectivity index (χ0) is 20.5. The van der Waals surface area contributed by atoms with Crippen LogP contribution in [0.4, 0.5) is 0 Å². The molecular weight excluding hydrogens is 350 g/mol. The lowest BCUT2D eigenvalue weighted by Crippen LogP contribution is -2.35. The van der Waals surface area contributed by atoms with Crippen LogP contribution in [0.2, 0.25) is 0 Å². The van der Waals surface area contributed by atoms with E-state index in [9.17, 15) is 4.79 Å². The summed E-state index contributed by atoms with van der Waals surface area (Å²) in [6, 6.07) is 8.37. The first-order valence-corrected chi connectivity index (χ1v) is 10.2. The van der Waals surface area contributed by atoms with Crippen molar-refractivity contribution in [3.05, 3.63) is 41.2 Å². The van der Waals surface area contributed by atoms with Crippen LogP contribution in [0.5, 0.6) is 0 Å². The normalized spacial score (nSPS) is 20.0. The molecule has 2 aromatic rings. The van der Waals surface area contributed by atoms with E-state index in [2.05, 4.69) is 69.2 Å². The van der Waals surface area contributed by atoms with Gasteiger partial charge in [0.1, 0.15) is 0 Å². The molecule has 1 atom stereocenters. The molecule has 6 nitrogen and oxygen atoms in total. The largest absolute Gasteiger partial charge is 0.337 e. The van der Waals surface area contributed by atoms with E-state index in [-0.39, 0.29) is 16.7 Å². The molecule has 0 aliphatic carbocycles. The highest BCUT2D eigenvalue weighted by Gasteiger charge is 2.37. The first-order valence-electron chi connectivity index (χ1n) is 10.2. The van der Waals surface area contributed by atoms with Crippen LogP contribution < -0.4 is 5.73 Å². The number of benzene rings is 1. The molecule has 0 saturated carbocycles. The molecule has 1 unspecified atom stereocenters. The van der Waals surface area contributed by atoms with E-state index in [0.717, 1.165) is 37.2 Å². The van der Waals surface area contributed by atoms with Crippen molar-refractivity contribution in [2.45, 2.75) is 59.3 Å². The minimum Gasteiger partial charge on any atom is -0.337 e. The number of nitrogens with zero attached hydrogens (tertiary/aromatic N) is 4. The summed E-state index contributed by atoms with van der Waals surface area (Å²) in [6.07, 6.45) is 2.62. The number of amides is 1. The maximum atomic E-state index is 13.1. The number of hydrogen-bond donors (Lipinski definition) is 1. The first-order chi connectivity index (χ1) is 13.2. The third-order valence-corrected chi connectivity index (χ3v) is 5.77. The smallest absolute Gasteiger partial charge is 0.276 e. The van der Waals surface area contributed by atoms with Gasteiger partial charge in [0.15, 0.2) is 5.69 Å². The predicted octanol–water partition coefficient (Wildman–Crippen LogP) is 3.33. The summed E-state index contributed by atoms with van der Waals surface area (Å²) in [4.78, 5) is 15.0. The number of carbonyl (C=O) groups is 1. The van der Waals surface area contributed by atoms with Gasteiger partial charge in [-0.2, -0.15) is 0 Å². The summed E-state index contributed by atoms with van der Waals surface area (Å²) in [5.41, 5.74) is 9.56. The Hall–Kier alpha value is -2.21. The SMILES string of the molecule is CCCc1c(C(=O)N2CCC(C)(CN)C2)nnn1-c1ccc(C(C)(C)C)cc1. The van der Waals surface area contributed by atoms with Crippen molar-refractivity contribution in [3.8, 4) is 5.69 Å². The maximum absolute atomic E-state index is 13.1. The zero-order valence-electron chi connectivity index (χ0n) is 17.8. The highest BCUT2D eigenvalue weighted by Crippen LogP contribution is 2.30. The van der Waals surface area contributed by atoms with Gasteiger partial charge >= 0.3 is 0 Å². The van der Waals surface area contributed by atoms with Gasteiger partial charge in [0.25, 0.3) is 5.91 Å². The average Bonchev–Trinajstić information content (AvgIpc) is 3.26. The van der Waals surface area contributed by atoms with Gasteiger partial charge in [0, 0.05) is 13.1 Å². The van der Waals surface area contributed by atoms with Crippen molar-refractivity contribution < 1.29 is 4.79 Å². The average molecular weight is 384 g/mol. The van der Waals surface area contributed by atoms with Crippen LogP contribution in [-0.2, 0) is 11.8 Å². The Morgan fingerprint density at radius 2 is 1.93 bits per heavy atom. The van der Waals surface area contributed by atoms with Gasteiger partial charge < -0.3 is 10.6 Å². The fraction of sp³-hybridized carbons (Fsp3) is 0.591. The summed E-state index contributed by atoms with van der Waals surface area (Å²) in [5, 5.41) is 8.63. The molecule has 2 heterocycles. The topological polar surface area (TPSA) is 77.0 Å². The summed E-state index contributed by atoms with van der Waals surface area (Å²) in [6.45, 7) is 12.8. The molecule has 2 N–H and O–H groups in total. The van der Waals surface area contributed by atoms with Crippen molar-refractivity contribution in [2.24, 2.45) is 11.1 Å². The van der Waals surface area contributed by atoms with Gasteiger partial charge in [-0.15, -0.1) is 5.10 Å². The Morgan fingerprint density at radius 1 is 1.25 bits per heavy atom. The minimum atomic E-state index is -0.0295.